The Morgan fingerprint density at radius 3 is 2.85 bits per heavy atom. The van der Waals surface area contributed by atoms with Gasteiger partial charge in [0.15, 0.2) is 11.5 Å². The molecular formula is C20H19ClN2O4. The van der Waals surface area contributed by atoms with Gasteiger partial charge in [0.05, 0.1) is 0 Å². The number of amides is 2. The van der Waals surface area contributed by atoms with Crippen molar-refractivity contribution in [2.24, 2.45) is 0 Å². The lowest BCUT2D eigenvalue weighted by Crippen LogP contribution is -2.44. The number of benzene rings is 2. The van der Waals surface area contributed by atoms with Crippen LogP contribution in [0.5, 0.6) is 11.5 Å². The summed E-state index contributed by atoms with van der Waals surface area (Å²) in [5.74, 6) is 1.19. The highest BCUT2D eigenvalue weighted by molar-refractivity contribution is 6.31. The summed E-state index contributed by atoms with van der Waals surface area (Å²) in [6.07, 6.45) is 0.878. The molecule has 1 atom stereocenters. The fourth-order valence-corrected chi connectivity index (χ4v) is 3.57. The van der Waals surface area contributed by atoms with E-state index in [4.69, 9.17) is 21.1 Å². The van der Waals surface area contributed by atoms with E-state index in [1.54, 1.807) is 11.0 Å². The minimum atomic E-state index is -0.484. The number of hydrogen-bond donors (Lipinski definition) is 1. The van der Waals surface area contributed by atoms with E-state index in [1.807, 2.05) is 36.4 Å². The number of likely N-dealkylation sites (tertiary alicyclic amines) is 1. The molecule has 4 rings (SSSR count). The number of nitrogens with one attached hydrogen (secondary N) is 1. The summed E-state index contributed by atoms with van der Waals surface area (Å²) < 4.78 is 10.6. The Kier molecular flexibility index (Phi) is 4.90. The maximum atomic E-state index is 12.7. The highest BCUT2D eigenvalue weighted by atomic mass is 35.5. The van der Waals surface area contributed by atoms with Gasteiger partial charge in [-0.15, -0.1) is 0 Å². The van der Waals surface area contributed by atoms with Crippen LogP contribution >= 0.6 is 11.6 Å². The second-order valence-corrected chi connectivity index (χ2v) is 6.98. The Balaban J connectivity index is 1.41. The zero-order valence-electron chi connectivity index (χ0n) is 14.6. The largest absolute Gasteiger partial charge is 0.454 e. The number of carbonyl (C=O) groups is 2. The molecule has 7 heteroatoms. The van der Waals surface area contributed by atoms with Crippen LogP contribution in [-0.4, -0.2) is 29.5 Å². The molecule has 1 unspecified atom stereocenters. The molecule has 0 aliphatic carbocycles. The van der Waals surface area contributed by atoms with E-state index in [-0.39, 0.29) is 18.6 Å². The van der Waals surface area contributed by atoms with Gasteiger partial charge < -0.3 is 19.7 Å². The normalized spacial score (nSPS) is 18.0. The minimum absolute atomic E-state index is 0.0295. The van der Waals surface area contributed by atoms with E-state index >= 15 is 0 Å². The van der Waals surface area contributed by atoms with Gasteiger partial charge >= 0.3 is 0 Å². The third kappa shape index (κ3) is 3.71. The van der Waals surface area contributed by atoms with Gasteiger partial charge in [-0.1, -0.05) is 35.9 Å². The summed E-state index contributed by atoms with van der Waals surface area (Å²) >= 11 is 6.20. The van der Waals surface area contributed by atoms with Gasteiger partial charge in [-0.05, 0) is 35.7 Å². The van der Waals surface area contributed by atoms with Crippen molar-refractivity contribution < 1.29 is 19.1 Å². The molecule has 6 nitrogen and oxygen atoms in total. The van der Waals surface area contributed by atoms with Gasteiger partial charge in [0.2, 0.25) is 18.6 Å². The number of halogens is 1. The van der Waals surface area contributed by atoms with Gasteiger partial charge in [0, 0.05) is 24.5 Å². The number of ether oxygens (including phenoxy) is 2. The van der Waals surface area contributed by atoms with Crippen LogP contribution in [0, 0.1) is 0 Å². The summed E-state index contributed by atoms with van der Waals surface area (Å²) in [6.45, 7) is 0.910. The molecule has 2 aliphatic rings. The van der Waals surface area contributed by atoms with E-state index in [0.717, 1.165) is 11.1 Å². The molecule has 2 amide bonds. The molecule has 140 valence electrons. The second-order valence-electron chi connectivity index (χ2n) is 6.57. The Morgan fingerprint density at radius 1 is 1.19 bits per heavy atom. The zero-order valence-corrected chi connectivity index (χ0v) is 15.4. The van der Waals surface area contributed by atoms with Crippen molar-refractivity contribution in [3.63, 3.8) is 0 Å². The first-order chi connectivity index (χ1) is 13.1. The molecule has 0 aromatic heterocycles. The van der Waals surface area contributed by atoms with Crippen molar-refractivity contribution in [2.45, 2.75) is 32.0 Å². The summed E-state index contributed by atoms with van der Waals surface area (Å²) in [6, 6.07) is 12.4. The number of nitrogens with zero attached hydrogens (tertiary/aromatic N) is 1. The van der Waals surface area contributed by atoms with Gasteiger partial charge in [-0.2, -0.15) is 0 Å². The number of fused-ring (bicyclic) bond motifs is 1. The first-order valence-electron chi connectivity index (χ1n) is 8.81. The van der Waals surface area contributed by atoms with E-state index in [9.17, 15) is 9.59 Å². The third-order valence-corrected chi connectivity index (χ3v) is 5.20. The molecule has 2 aromatic carbocycles. The Morgan fingerprint density at radius 2 is 2.00 bits per heavy atom. The van der Waals surface area contributed by atoms with Crippen molar-refractivity contribution in [2.75, 3.05) is 6.79 Å². The van der Waals surface area contributed by atoms with Crippen molar-refractivity contribution in [1.29, 1.82) is 0 Å². The SMILES string of the molecule is O=C(NCc1ccc2c(c1)OCO2)C1CCC(=O)N1Cc1ccccc1Cl. The van der Waals surface area contributed by atoms with Crippen LogP contribution in [0.15, 0.2) is 42.5 Å². The molecule has 1 saturated heterocycles. The molecule has 0 bridgehead atoms. The van der Waals surface area contributed by atoms with Crippen LogP contribution in [0.1, 0.15) is 24.0 Å². The van der Waals surface area contributed by atoms with E-state index in [1.165, 1.54) is 0 Å². The first-order valence-corrected chi connectivity index (χ1v) is 9.19. The van der Waals surface area contributed by atoms with Crippen molar-refractivity contribution >= 4 is 23.4 Å². The molecule has 0 radical (unpaired) electrons. The molecule has 1 N–H and O–H groups in total. The standard InChI is InChI=1S/C20H19ClN2O4/c21-15-4-2-1-3-14(15)11-23-16(6-8-19(23)24)20(25)22-10-13-5-7-17-18(9-13)27-12-26-17/h1-5,7,9,16H,6,8,10-12H2,(H,22,25). The summed E-state index contributed by atoms with van der Waals surface area (Å²) in [7, 11) is 0. The van der Waals surface area contributed by atoms with E-state index in [0.29, 0.717) is 42.5 Å². The fourth-order valence-electron chi connectivity index (χ4n) is 3.37. The van der Waals surface area contributed by atoms with Crippen LogP contribution in [0.25, 0.3) is 0 Å². The first kappa shape index (κ1) is 17.7. The van der Waals surface area contributed by atoms with Crippen LogP contribution in [0.3, 0.4) is 0 Å². The monoisotopic (exact) mass is 386 g/mol. The predicted octanol–water partition coefficient (Wildman–Crippen LogP) is 2.88. The van der Waals surface area contributed by atoms with Crippen molar-refractivity contribution in [3.8, 4) is 11.5 Å². The van der Waals surface area contributed by atoms with Gasteiger partial charge in [0.25, 0.3) is 0 Å². The highest BCUT2D eigenvalue weighted by Crippen LogP contribution is 2.32. The minimum Gasteiger partial charge on any atom is -0.454 e. The Bertz CT molecular complexity index is 886. The van der Waals surface area contributed by atoms with Crippen LogP contribution < -0.4 is 14.8 Å². The highest BCUT2D eigenvalue weighted by Gasteiger charge is 2.36. The third-order valence-electron chi connectivity index (χ3n) is 4.83. The number of hydrogen-bond acceptors (Lipinski definition) is 4. The van der Waals surface area contributed by atoms with Gasteiger partial charge in [0.1, 0.15) is 6.04 Å². The lowest BCUT2D eigenvalue weighted by atomic mass is 10.1. The van der Waals surface area contributed by atoms with Gasteiger partial charge in [-0.25, -0.2) is 0 Å². The lowest BCUT2D eigenvalue weighted by molar-refractivity contribution is -0.135. The Labute approximate surface area is 162 Å². The number of rotatable bonds is 5. The summed E-state index contributed by atoms with van der Waals surface area (Å²) in [5, 5.41) is 3.52. The van der Waals surface area contributed by atoms with Crippen LogP contribution in [-0.2, 0) is 22.7 Å². The Hall–Kier alpha value is -2.73. The smallest absolute Gasteiger partial charge is 0.243 e. The molecule has 1 fully saturated rings. The number of carbonyl (C=O) groups excluding carboxylic acids is 2. The fraction of sp³-hybridized carbons (Fsp3) is 0.300. The van der Waals surface area contributed by atoms with E-state index < -0.39 is 6.04 Å². The molecule has 2 heterocycles. The molecular weight excluding hydrogens is 368 g/mol. The average molecular weight is 387 g/mol. The zero-order chi connectivity index (χ0) is 18.8. The predicted molar refractivity (Wildman–Crippen MR) is 99.4 cm³/mol. The summed E-state index contributed by atoms with van der Waals surface area (Å²) in [5.41, 5.74) is 1.75. The maximum absolute atomic E-state index is 12.7. The van der Waals surface area contributed by atoms with Crippen LogP contribution in [0.4, 0.5) is 0 Å². The van der Waals surface area contributed by atoms with Crippen molar-refractivity contribution in [3.05, 3.63) is 58.6 Å². The van der Waals surface area contributed by atoms with Gasteiger partial charge in [-0.3, -0.25) is 9.59 Å². The van der Waals surface area contributed by atoms with Crippen LogP contribution in [0.2, 0.25) is 5.02 Å². The van der Waals surface area contributed by atoms with Crippen molar-refractivity contribution in [1.82, 2.24) is 10.2 Å². The summed E-state index contributed by atoms with van der Waals surface area (Å²) in [4.78, 5) is 26.6. The molecule has 27 heavy (non-hydrogen) atoms. The van der Waals surface area contributed by atoms with E-state index in [2.05, 4.69) is 5.32 Å². The topological polar surface area (TPSA) is 67.9 Å². The second kappa shape index (κ2) is 7.48. The molecule has 0 spiro atoms. The lowest BCUT2D eigenvalue weighted by Gasteiger charge is -2.24. The molecule has 2 aromatic rings. The average Bonchev–Trinajstić information content (AvgIpc) is 3.28. The quantitative estimate of drug-likeness (QED) is 0.858. The molecule has 0 saturated carbocycles. The maximum Gasteiger partial charge on any atom is 0.243 e. The molecule has 2 aliphatic heterocycles.